The summed E-state index contributed by atoms with van der Waals surface area (Å²) < 4.78 is 13.8. The number of carboxylic acids is 1. The van der Waals surface area contributed by atoms with Crippen LogP contribution >= 0.6 is 11.3 Å². The molecule has 0 amide bonds. The van der Waals surface area contributed by atoms with Crippen LogP contribution in [0, 0.1) is 12.7 Å². The first-order valence-corrected chi connectivity index (χ1v) is 5.70. The highest BCUT2D eigenvalue weighted by Gasteiger charge is 2.16. The number of nitrogens with two attached hydrogens (primary N) is 1. The highest BCUT2D eigenvalue weighted by Crippen LogP contribution is 2.35. The first kappa shape index (κ1) is 11.6. The van der Waals surface area contributed by atoms with Crippen molar-refractivity contribution < 1.29 is 14.3 Å². The molecule has 0 saturated carbocycles. The van der Waals surface area contributed by atoms with Gasteiger partial charge in [-0.05, 0) is 18.6 Å². The summed E-state index contributed by atoms with van der Waals surface area (Å²) in [5.74, 6) is -1.43. The van der Waals surface area contributed by atoms with Gasteiger partial charge in [-0.25, -0.2) is 9.18 Å². The van der Waals surface area contributed by atoms with Crippen molar-refractivity contribution in [3.05, 3.63) is 40.5 Å². The van der Waals surface area contributed by atoms with Crippen molar-refractivity contribution in [3.63, 3.8) is 0 Å². The van der Waals surface area contributed by atoms with Crippen LogP contribution in [0.2, 0.25) is 0 Å². The molecule has 0 unspecified atom stereocenters. The predicted molar refractivity (Wildman–Crippen MR) is 65.8 cm³/mol. The molecule has 88 valence electrons. The molecule has 2 rings (SSSR count). The van der Waals surface area contributed by atoms with Crippen molar-refractivity contribution in [1.82, 2.24) is 0 Å². The Balaban J connectivity index is 2.58. The number of aryl methyl sites for hydroxylation is 1. The van der Waals surface area contributed by atoms with Crippen LogP contribution in [0.25, 0.3) is 10.4 Å². The van der Waals surface area contributed by atoms with Gasteiger partial charge in [-0.3, -0.25) is 0 Å². The quantitative estimate of drug-likeness (QED) is 0.861. The fourth-order valence-corrected chi connectivity index (χ4v) is 2.48. The standard InChI is InChI=1S/C12H10FNO2S/c1-6-3-2-4-7(10(6)13)9-5-8(14)11(17-9)12(15)16/h2-5H,14H2,1H3,(H,15,16). The summed E-state index contributed by atoms with van der Waals surface area (Å²) in [7, 11) is 0. The number of benzene rings is 1. The molecule has 1 aromatic heterocycles. The summed E-state index contributed by atoms with van der Waals surface area (Å²) >= 11 is 0.979. The Bertz CT molecular complexity index is 592. The van der Waals surface area contributed by atoms with Crippen LogP contribution in [-0.2, 0) is 0 Å². The zero-order valence-electron chi connectivity index (χ0n) is 9.03. The van der Waals surface area contributed by atoms with Crippen molar-refractivity contribution in [3.8, 4) is 10.4 Å². The maximum atomic E-state index is 13.8. The minimum Gasteiger partial charge on any atom is -0.477 e. The number of halogens is 1. The maximum Gasteiger partial charge on any atom is 0.348 e. The second-order valence-electron chi connectivity index (χ2n) is 3.64. The summed E-state index contributed by atoms with van der Waals surface area (Å²) in [5.41, 5.74) is 6.64. The molecule has 3 nitrogen and oxygen atoms in total. The van der Waals surface area contributed by atoms with Crippen LogP contribution in [0.15, 0.2) is 24.3 Å². The van der Waals surface area contributed by atoms with Crippen molar-refractivity contribution in [2.45, 2.75) is 6.92 Å². The van der Waals surface area contributed by atoms with Crippen LogP contribution in [-0.4, -0.2) is 11.1 Å². The van der Waals surface area contributed by atoms with E-state index in [4.69, 9.17) is 10.8 Å². The maximum absolute atomic E-state index is 13.8. The number of hydrogen-bond donors (Lipinski definition) is 2. The van der Waals surface area contributed by atoms with Gasteiger partial charge in [0.15, 0.2) is 0 Å². The van der Waals surface area contributed by atoms with E-state index in [1.165, 1.54) is 6.07 Å². The molecule has 2 aromatic rings. The average molecular weight is 251 g/mol. The monoisotopic (exact) mass is 251 g/mol. The number of carbonyl (C=O) groups is 1. The molecule has 17 heavy (non-hydrogen) atoms. The fraction of sp³-hybridized carbons (Fsp3) is 0.0833. The van der Waals surface area contributed by atoms with Gasteiger partial charge in [0.1, 0.15) is 10.7 Å². The summed E-state index contributed by atoms with van der Waals surface area (Å²) in [6.45, 7) is 1.66. The van der Waals surface area contributed by atoms with Crippen LogP contribution in [0.1, 0.15) is 15.2 Å². The van der Waals surface area contributed by atoms with E-state index in [0.717, 1.165) is 11.3 Å². The zero-order valence-corrected chi connectivity index (χ0v) is 9.84. The van der Waals surface area contributed by atoms with Crippen LogP contribution in [0.3, 0.4) is 0 Å². The first-order chi connectivity index (χ1) is 8.00. The van der Waals surface area contributed by atoms with Gasteiger partial charge >= 0.3 is 5.97 Å². The Kier molecular flexibility index (Phi) is 2.85. The Morgan fingerprint density at radius 3 is 2.76 bits per heavy atom. The van der Waals surface area contributed by atoms with Crippen molar-refractivity contribution in [2.75, 3.05) is 5.73 Å². The smallest absolute Gasteiger partial charge is 0.348 e. The lowest BCUT2D eigenvalue weighted by molar-refractivity contribution is 0.0703. The first-order valence-electron chi connectivity index (χ1n) is 4.89. The second kappa shape index (κ2) is 4.18. The Labute approximate surface area is 101 Å². The van der Waals surface area contributed by atoms with E-state index in [1.54, 1.807) is 25.1 Å². The van der Waals surface area contributed by atoms with E-state index in [9.17, 15) is 9.18 Å². The molecule has 0 aliphatic heterocycles. The Morgan fingerprint density at radius 1 is 1.47 bits per heavy atom. The van der Waals surface area contributed by atoms with Crippen LogP contribution in [0.4, 0.5) is 10.1 Å². The molecule has 5 heteroatoms. The van der Waals surface area contributed by atoms with E-state index in [1.807, 2.05) is 0 Å². The van der Waals surface area contributed by atoms with E-state index in [2.05, 4.69) is 0 Å². The molecular weight excluding hydrogens is 241 g/mol. The molecule has 1 heterocycles. The molecule has 3 N–H and O–H groups in total. The van der Waals surface area contributed by atoms with Gasteiger partial charge in [-0.2, -0.15) is 0 Å². The third kappa shape index (κ3) is 2.01. The lowest BCUT2D eigenvalue weighted by Crippen LogP contribution is -1.96. The molecule has 0 aliphatic carbocycles. The van der Waals surface area contributed by atoms with E-state index in [0.29, 0.717) is 16.0 Å². The summed E-state index contributed by atoms with van der Waals surface area (Å²) in [4.78, 5) is 11.4. The Hall–Kier alpha value is -1.88. The SMILES string of the molecule is Cc1cccc(-c2cc(N)c(C(=O)O)s2)c1F. The van der Waals surface area contributed by atoms with Gasteiger partial charge in [0.25, 0.3) is 0 Å². The van der Waals surface area contributed by atoms with Gasteiger partial charge in [0, 0.05) is 10.4 Å². The molecule has 0 atom stereocenters. The highest BCUT2D eigenvalue weighted by molar-refractivity contribution is 7.17. The third-order valence-corrected chi connectivity index (χ3v) is 3.58. The molecule has 0 spiro atoms. The summed E-state index contributed by atoms with van der Waals surface area (Å²) in [5, 5.41) is 8.89. The minimum atomic E-state index is -1.09. The van der Waals surface area contributed by atoms with E-state index < -0.39 is 5.97 Å². The van der Waals surface area contributed by atoms with Gasteiger partial charge < -0.3 is 10.8 Å². The number of thiophene rings is 1. The van der Waals surface area contributed by atoms with Gasteiger partial charge in [0.2, 0.25) is 0 Å². The lowest BCUT2D eigenvalue weighted by Gasteiger charge is -2.02. The minimum absolute atomic E-state index is 0.0425. The van der Waals surface area contributed by atoms with Crippen molar-refractivity contribution in [1.29, 1.82) is 0 Å². The van der Waals surface area contributed by atoms with Crippen molar-refractivity contribution in [2.24, 2.45) is 0 Å². The second-order valence-corrected chi connectivity index (χ2v) is 4.69. The number of hydrogen-bond acceptors (Lipinski definition) is 3. The summed E-state index contributed by atoms with van der Waals surface area (Å²) in [6, 6.07) is 6.49. The average Bonchev–Trinajstić information content (AvgIpc) is 2.64. The molecule has 0 aliphatic rings. The Morgan fingerprint density at radius 2 is 2.18 bits per heavy atom. The molecular formula is C12H10FNO2S. The number of nitrogen functional groups attached to an aromatic ring is 1. The van der Waals surface area contributed by atoms with Gasteiger partial charge in [-0.1, -0.05) is 18.2 Å². The van der Waals surface area contributed by atoms with Gasteiger partial charge in [0.05, 0.1) is 5.69 Å². The molecule has 1 aromatic carbocycles. The number of rotatable bonds is 2. The zero-order chi connectivity index (χ0) is 12.6. The summed E-state index contributed by atoms with van der Waals surface area (Å²) in [6.07, 6.45) is 0. The van der Waals surface area contributed by atoms with E-state index in [-0.39, 0.29) is 16.4 Å². The lowest BCUT2D eigenvalue weighted by atomic mass is 10.1. The third-order valence-electron chi connectivity index (χ3n) is 2.41. The fourth-order valence-electron chi connectivity index (χ4n) is 1.54. The number of aromatic carboxylic acids is 1. The van der Waals surface area contributed by atoms with Crippen LogP contribution < -0.4 is 5.73 Å². The molecule has 0 bridgehead atoms. The van der Waals surface area contributed by atoms with Crippen LogP contribution in [0.5, 0.6) is 0 Å². The topological polar surface area (TPSA) is 63.3 Å². The largest absolute Gasteiger partial charge is 0.477 e. The van der Waals surface area contributed by atoms with Gasteiger partial charge in [-0.15, -0.1) is 11.3 Å². The van der Waals surface area contributed by atoms with E-state index >= 15 is 0 Å². The number of carboxylic acid groups (broad SMARTS) is 1. The number of anilines is 1. The normalized spacial score (nSPS) is 10.5. The molecule has 0 saturated heterocycles. The molecule has 0 fully saturated rings. The molecule has 0 radical (unpaired) electrons. The predicted octanol–water partition coefficient (Wildman–Crippen LogP) is 3.14. The highest BCUT2D eigenvalue weighted by atomic mass is 32.1. The van der Waals surface area contributed by atoms with Crippen molar-refractivity contribution >= 4 is 23.0 Å².